The van der Waals surface area contributed by atoms with Crippen molar-refractivity contribution in [1.29, 1.82) is 0 Å². The molecule has 17 heavy (non-hydrogen) atoms. The summed E-state index contributed by atoms with van der Waals surface area (Å²) in [5, 5.41) is 13.0. The molecule has 0 aromatic heterocycles. The molecule has 0 saturated heterocycles. The Labute approximate surface area is 99.7 Å². The number of ether oxygens (including phenoxy) is 1. The summed E-state index contributed by atoms with van der Waals surface area (Å²) in [7, 11) is 2.64. The van der Waals surface area contributed by atoms with Gasteiger partial charge in [0, 0.05) is 6.42 Å². The average molecular weight is 237 g/mol. The molecule has 0 atom stereocenters. The van der Waals surface area contributed by atoms with Gasteiger partial charge >= 0.3 is 5.97 Å². The molecule has 92 valence electrons. The summed E-state index contributed by atoms with van der Waals surface area (Å²) in [6, 6.07) is 4.94. The molecule has 0 heterocycles. The number of hydrogen-bond acceptors (Lipinski definition) is 5. The second-order valence-corrected chi connectivity index (χ2v) is 3.50. The van der Waals surface area contributed by atoms with Crippen molar-refractivity contribution in [1.82, 2.24) is 0 Å². The van der Waals surface area contributed by atoms with E-state index in [1.54, 1.807) is 18.2 Å². The zero-order valence-corrected chi connectivity index (χ0v) is 10.1. The topological polar surface area (TPSA) is 68.1 Å². The van der Waals surface area contributed by atoms with E-state index in [9.17, 15) is 9.90 Å². The lowest BCUT2D eigenvalue weighted by molar-refractivity contribution is -0.133. The number of rotatable bonds is 4. The van der Waals surface area contributed by atoms with Gasteiger partial charge in [-0.2, -0.15) is 0 Å². The van der Waals surface area contributed by atoms with Gasteiger partial charge in [-0.25, -0.2) is 4.79 Å². The summed E-state index contributed by atoms with van der Waals surface area (Å²) in [4.78, 5) is 16.0. The number of benzene rings is 1. The van der Waals surface area contributed by atoms with Gasteiger partial charge in [0.05, 0.1) is 7.11 Å². The maximum Gasteiger partial charge on any atom is 0.356 e. The maximum atomic E-state index is 11.4. The van der Waals surface area contributed by atoms with Crippen molar-refractivity contribution < 1.29 is 19.5 Å². The first-order valence-corrected chi connectivity index (χ1v) is 5.05. The van der Waals surface area contributed by atoms with E-state index in [1.807, 2.05) is 6.92 Å². The number of phenolic OH excluding ortho intramolecular Hbond substituents is 1. The summed E-state index contributed by atoms with van der Waals surface area (Å²) in [6.45, 7) is 1.89. The predicted molar refractivity (Wildman–Crippen MR) is 63.0 cm³/mol. The van der Waals surface area contributed by atoms with Crippen LogP contribution in [0.15, 0.2) is 23.4 Å². The van der Waals surface area contributed by atoms with E-state index in [0.29, 0.717) is 0 Å². The molecule has 0 fully saturated rings. The van der Waals surface area contributed by atoms with Crippen LogP contribution in [-0.2, 0) is 20.8 Å². The van der Waals surface area contributed by atoms with Crippen LogP contribution in [0.5, 0.6) is 5.75 Å². The van der Waals surface area contributed by atoms with Crippen LogP contribution >= 0.6 is 0 Å². The average Bonchev–Trinajstić information content (AvgIpc) is 2.32. The molecule has 1 N–H and O–H groups in total. The van der Waals surface area contributed by atoms with E-state index in [4.69, 9.17) is 0 Å². The van der Waals surface area contributed by atoms with E-state index < -0.39 is 5.97 Å². The summed E-state index contributed by atoms with van der Waals surface area (Å²) >= 11 is 0. The monoisotopic (exact) mass is 237 g/mol. The van der Waals surface area contributed by atoms with Gasteiger partial charge in [0.1, 0.15) is 12.9 Å². The first-order chi connectivity index (χ1) is 8.08. The summed E-state index contributed by atoms with van der Waals surface area (Å²) in [5.41, 5.74) is 1.91. The minimum absolute atomic E-state index is 0.146. The van der Waals surface area contributed by atoms with Crippen molar-refractivity contribution in [2.75, 3.05) is 14.2 Å². The number of oxime groups is 1. The van der Waals surface area contributed by atoms with Crippen molar-refractivity contribution in [3.8, 4) is 5.75 Å². The molecule has 0 amide bonds. The molecule has 0 bridgehead atoms. The number of carbonyl (C=O) groups excluding carboxylic acids is 1. The number of aryl methyl sites for hydroxylation is 1. The number of aromatic hydroxyl groups is 1. The smallest absolute Gasteiger partial charge is 0.356 e. The van der Waals surface area contributed by atoms with Crippen molar-refractivity contribution in [2.45, 2.75) is 13.3 Å². The lowest BCUT2D eigenvalue weighted by Gasteiger charge is -2.07. The molecule has 0 aliphatic carbocycles. The van der Waals surface area contributed by atoms with E-state index in [-0.39, 0.29) is 17.9 Å². The molecular weight excluding hydrogens is 222 g/mol. The van der Waals surface area contributed by atoms with Crippen LogP contribution in [0.4, 0.5) is 0 Å². The molecule has 1 aromatic carbocycles. The zero-order valence-electron chi connectivity index (χ0n) is 10.1. The molecule has 0 radical (unpaired) electrons. The van der Waals surface area contributed by atoms with Crippen molar-refractivity contribution >= 4 is 11.7 Å². The van der Waals surface area contributed by atoms with Crippen LogP contribution < -0.4 is 0 Å². The third-order valence-electron chi connectivity index (χ3n) is 2.31. The highest BCUT2D eigenvalue weighted by Crippen LogP contribution is 2.17. The Morgan fingerprint density at radius 2 is 2.12 bits per heavy atom. The second kappa shape index (κ2) is 5.89. The van der Waals surface area contributed by atoms with E-state index in [0.717, 1.165) is 11.1 Å². The largest absolute Gasteiger partial charge is 0.508 e. The Hall–Kier alpha value is -2.04. The summed E-state index contributed by atoms with van der Waals surface area (Å²) in [6.07, 6.45) is 0.251. The number of phenols is 1. The normalized spacial score (nSPS) is 11.1. The first kappa shape index (κ1) is 13.0. The third kappa shape index (κ3) is 3.48. The molecular formula is C12H15NO4. The lowest BCUT2D eigenvalue weighted by atomic mass is 10.0. The van der Waals surface area contributed by atoms with E-state index in [1.165, 1.54) is 14.2 Å². The molecule has 5 nitrogen and oxygen atoms in total. The van der Waals surface area contributed by atoms with Crippen molar-refractivity contribution in [3.63, 3.8) is 0 Å². The van der Waals surface area contributed by atoms with Crippen molar-refractivity contribution in [3.05, 3.63) is 29.3 Å². The molecule has 5 heteroatoms. The molecule has 0 saturated carbocycles. The van der Waals surface area contributed by atoms with Gasteiger partial charge < -0.3 is 14.7 Å². The maximum absolute atomic E-state index is 11.4. The Kier molecular flexibility index (Phi) is 4.51. The van der Waals surface area contributed by atoms with E-state index in [2.05, 4.69) is 14.7 Å². The highest BCUT2D eigenvalue weighted by atomic mass is 16.6. The zero-order chi connectivity index (χ0) is 12.8. The quantitative estimate of drug-likeness (QED) is 0.488. The number of nitrogens with zero attached hydrogens (tertiary/aromatic N) is 1. The fourth-order valence-electron chi connectivity index (χ4n) is 1.40. The number of methoxy groups -OCH3 is 1. The van der Waals surface area contributed by atoms with Crippen LogP contribution in [0, 0.1) is 6.92 Å². The number of hydrogen-bond donors (Lipinski definition) is 1. The Morgan fingerprint density at radius 3 is 2.71 bits per heavy atom. The van der Waals surface area contributed by atoms with Gasteiger partial charge in [-0.05, 0) is 30.2 Å². The number of carbonyl (C=O) groups is 1. The van der Waals surface area contributed by atoms with Crippen molar-refractivity contribution in [2.24, 2.45) is 5.16 Å². The van der Waals surface area contributed by atoms with Gasteiger partial charge in [-0.3, -0.25) is 0 Å². The Balaban J connectivity index is 2.97. The fraction of sp³-hybridized carbons (Fsp3) is 0.333. The molecule has 0 aliphatic rings. The predicted octanol–water partition coefficient (Wildman–Crippen LogP) is 1.42. The van der Waals surface area contributed by atoms with Crippen LogP contribution in [0.1, 0.15) is 11.1 Å². The molecule has 1 rings (SSSR count). The fourth-order valence-corrected chi connectivity index (χ4v) is 1.40. The summed E-state index contributed by atoms with van der Waals surface area (Å²) < 4.78 is 4.60. The van der Waals surface area contributed by atoms with Crippen LogP contribution in [0.3, 0.4) is 0 Å². The van der Waals surface area contributed by atoms with E-state index >= 15 is 0 Å². The minimum atomic E-state index is -0.547. The lowest BCUT2D eigenvalue weighted by Crippen LogP contribution is -2.19. The van der Waals surface area contributed by atoms with Gasteiger partial charge in [0.15, 0.2) is 5.71 Å². The Bertz CT molecular complexity index is 440. The molecule has 1 aromatic rings. The highest BCUT2D eigenvalue weighted by molar-refractivity contribution is 6.36. The Morgan fingerprint density at radius 1 is 1.41 bits per heavy atom. The third-order valence-corrected chi connectivity index (χ3v) is 2.31. The number of esters is 1. The van der Waals surface area contributed by atoms with Crippen LogP contribution in [0.25, 0.3) is 0 Å². The van der Waals surface area contributed by atoms with Crippen LogP contribution in [0.2, 0.25) is 0 Å². The highest BCUT2D eigenvalue weighted by Gasteiger charge is 2.15. The first-order valence-electron chi connectivity index (χ1n) is 5.05. The summed E-state index contributed by atoms with van der Waals surface area (Å²) in [5.74, 6) is -0.401. The minimum Gasteiger partial charge on any atom is -0.508 e. The van der Waals surface area contributed by atoms with Gasteiger partial charge in [-0.1, -0.05) is 11.2 Å². The van der Waals surface area contributed by atoms with Gasteiger partial charge in [0.2, 0.25) is 0 Å². The molecule has 0 unspecified atom stereocenters. The van der Waals surface area contributed by atoms with Gasteiger partial charge in [0.25, 0.3) is 0 Å². The standard InChI is InChI=1S/C12H15NO4/c1-8-4-5-10(14)6-9(8)7-11(13-17-3)12(15)16-2/h4-6,14H,7H2,1-3H3/b13-11+. The second-order valence-electron chi connectivity index (χ2n) is 3.50. The van der Waals surface area contributed by atoms with Crippen LogP contribution in [-0.4, -0.2) is 31.0 Å². The SMILES string of the molecule is CO/N=C(\Cc1cc(O)ccc1C)C(=O)OC. The van der Waals surface area contributed by atoms with Gasteiger partial charge in [-0.15, -0.1) is 0 Å². The molecule has 0 spiro atoms. The molecule has 0 aliphatic heterocycles.